The van der Waals surface area contributed by atoms with Gasteiger partial charge >= 0.3 is 12.1 Å². The summed E-state index contributed by atoms with van der Waals surface area (Å²) >= 11 is 0. The Labute approximate surface area is 116 Å². The van der Waals surface area contributed by atoms with Crippen molar-refractivity contribution in [3.05, 3.63) is 35.5 Å². The summed E-state index contributed by atoms with van der Waals surface area (Å²) in [7, 11) is 0. The Kier molecular flexibility index (Phi) is 3.29. The predicted molar refractivity (Wildman–Crippen MR) is 75.3 cm³/mol. The third-order valence-corrected chi connectivity index (χ3v) is 2.81. The number of benzene rings is 1. The molecule has 0 amide bonds. The van der Waals surface area contributed by atoms with Gasteiger partial charge in [0.2, 0.25) is 0 Å². The van der Waals surface area contributed by atoms with Gasteiger partial charge in [0.1, 0.15) is 5.60 Å². The van der Waals surface area contributed by atoms with Crippen molar-refractivity contribution < 1.29 is 19.4 Å². The lowest BCUT2D eigenvalue weighted by atomic mass is 10.1. The average molecular weight is 275 g/mol. The smallest absolute Gasteiger partial charge is 0.419 e. The molecule has 0 saturated carbocycles. The van der Waals surface area contributed by atoms with Crippen molar-refractivity contribution in [3.8, 4) is 0 Å². The molecule has 5 nitrogen and oxygen atoms in total. The van der Waals surface area contributed by atoms with Crippen LogP contribution in [-0.2, 0) is 4.74 Å². The number of fused-ring (bicyclic) bond motifs is 1. The molecule has 0 fully saturated rings. The molecule has 106 valence electrons. The van der Waals surface area contributed by atoms with Crippen LogP contribution in [0.4, 0.5) is 4.79 Å². The molecule has 0 atom stereocenters. The van der Waals surface area contributed by atoms with Crippen molar-refractivity contribution in [1.29, 1.82) is 0 Å². The number of ether oxygens (including phenoxy) is 1. The first kappa shape index (κ1) is 14.1. The van der Waals surface area contributed by atoms with E-state index in [1.54, 1.807) is 33.8 Å². The normalized spacial score (nSPS) is 11.6. The molecule has 0 saturated heterocycles. The van der Waals surface area contributed by atoms with Gasteiger partial charge in [0, 0.05) is 11.1 Å². The second-order valence-electron chi connectivity index (χ2n) is 5.68. The summed E-state index contributed by atoms with van der Waals surface area (Å²) in [4.78, 5) is 23.3. The zero-order valence-electron chi connectivity index (χ0n) is 11.9. The number of hydrogen-bond donors (Lipinski definition) is 1. The summed E-state index contributed by atoms with van der Waals surface area (Å²) < 4.78 is 6.74. The van der Waals surface area contributed by atoms with Crippen LogP contribution in [0.15, 0.2) is 24.3 Å². The Balaban J connectivity index is 2.57. The minimum absolute atomic E-state index is 0.139. The van der Waals surface area contributed by atoms with Gasteiger partial charge in [-0.1, -0.05) is 6.07 Å². The third kappa shape index (κ3) is 2.66. The largest absolute Gasteiger partial charge is 0.478 e. The van der Waals surface area contributed by atoms with Gasteiger partial charge < -0.3 is 9.84 Å². The van der Waals surface area contributed by atoms with E-state index in [9.17, 15) is 9.59 Å². The second kappa shape index (κ2) is 4.67. The van der Waals surface area contributed by atoms with Gasteiger partial charge in [-0.25, -0.2) is 14.2 Å². The van der Waals surface area contributed by atoms with Crippen LogP contribution in [0.1, 0.15) is 36.8 Å². The van der Waals surface area contributed by atoms with E-state index in [1.807, 2.05) is 6.07 Å². The van der Waals surface area contributed by atoms with Crippen LogP contribution >= 0.6 is 0 Å². The molecule has 0 bridgehead atoms. The highest BCUT2D eigenvalue weighted by atomic mass is 16.6. The molecule has 0 radical (unpaired) electrons. The number of nitrogens with zero attached hydrogens (tertiary/aromatic N) is 1. The highest BCUT2D eigenvalue weighted by Gasteiger charge is 2.21. The number of carbonyl (C=O) groups is 2. The van der Waals surface area contributed by atoms with Gasteiger partial charge in [0.25, 0.3) is 0 Å². The Hall–Kier alpha value is -2.30. The molecule has 0 unspecified atom stereocenters. The molecular formula is C15H17NO4. The number of aromatic carboxylic acids is 1. The molecule has 2 aromatic rings. The van der Waals surface area contributed by atoms with E-state index in [0.29, 0.717) is 11.2 Å². The Morgan fingerprint density at radius 1 is 1.20 bits per heavy atom. The van der Waals surface area contributed by atoms with Gasteiger partial charge in [-0.2, -0.15) is 0 Å². The highest BCUT2D eigenvalue weighted by molar-refractivity contribution is 5.97. The molecular weight excluding hydrogens is 258 g/mol. The van der Waals surface area contributed by atoms with Crippen LogP contribution in [0.3, 0.4) is 0 Å². The van der Waals surface area contributed by atoms with E-state index >= 15 is 0 Å². The number of carboxylic acid groups (broad SMARTS) is 1. The molecule has 0 aliphatic rings. The first-order valence-electron chi connectivity index (χ1n) is 6.28. The molecule has 20 heavy (non-hydrogen) atoms. The number of hydrogen-bond acceptors (Lipinski definition) is 3. The quantitative estimate of drug-likeness (QED) is 0.865. The molecule has 1 heterocycles. The average Bonchev–Trinajstić information content (AvgIpc) is 2.61. The SMILES string of the molecule is Cc1cc2ccc(C(=O)O)cc2n1C(=O)OC(C)(C)C. The fourth-order valence-corrected chi connectivity index (χ4v) is 2.02. The van der Waals surface area contributed by atoms with Crippen molar-refractivity contribution in [2.24, 2.45) is 0 Å². The van der Waals surface area contributed by atoms with Crippen LogP contribution in [-0.4, -0.2) is 27.3 Å². The minimum atomic E-state index is -1.03. The van der Waals surface area contributed by atoms with Gasteiger partial charge in [-0.3, -0.25) is 0 Å². The second-order valence-corrected chi connectivity index (χ2v) is 5.68. The van der Waals surface area contributed by atoms with Crippen LogP contribution in [0.2, 0.25) is 0 Å². The topological polar surface area (TPSA) is 68.5 Å². The van der Waals surface area contributed by atoms with E-state index in [-0.39, 0.29) is 5.56 Å². The van der Waals surface area contributed by atoms with E-state index in [0.717, 1.165) is 5.39 Å². The number of rotatable bonds is 1. The maximum absolute atomic E-state index is 12.2. The first-order valence-corrected chi connectivity index (χ1v) is 6.28. The standard InChI is InChI=1S/C15H17NO4/c1-9-7-10-5-6-11(13(17)18)8-12(10)16(9)14(19)20-15(2,3)4/h5-8H,1-4H3,(H,17,18). The van der Waals surface area contributed by atoms with Gasteiger partial charge in [-0.05, 0) is 45.9 Å². The maximum atomic E-state index is 12.2. The molecule has 0 spiro atoms. The lowest BCUT2D eigenvalue weighted by Crippen LogP contribution is -2.27. The van der Waals surface area contributed by atoms with Gasteiger partial charge in [0.15, 0.2) is 0 Å². The van der Waals surface area contributed by atoms with E-state index in [1.165, 1.54) is 16.7 Å². The number of aryl methyl sites for hydroxylation is 1. The van der Waals surface area contributed by atoms with Crippen molar-refractivity contribution in [2.75, 3.05) is 0 Å². The van der Waals surface area contributed by atoms with Crippen LogP contribution in [0.25, 0.3) is 10.9 Å². The highest BCUT2D eigenvalue weighted by Crippen LogP contribution is 2.22. The Bertz CT molecular complexity index is 692. The lowest BCUT2D eigenvalue weighted by Gasteiger charge is -2.20. The van der Waals surface area contributed by atoms with E-state index < -0.39 is 17.7 Å². The summed E-state index contributed by atoms with van der Waals surface area (Å²) in [6.07, 6.45) is -0.507. The summed E-state index contributed by atoms with van der Waals surface area (Å²) in [6.45, 7) is 7.14. The van der Waals surface area contributed by atoms with Crippen molar-refractivity contribution in [3.63, 3.8) is 0 Å². The van der Waals surface area contributed by atoms with E-state index in [4.69, 9.17) is 9.84 Å². The van der Waals surface area contributed by atoms with Crippen LogP contribution in [0.5, 0.6) is 0 Å². The Morgan fingerprint density at radius 3 is 2.40 bits per heavy atom. The molecule has 1 N–H and O–H groups in total. The number of carboxylic acids is 1. The summed E-state index contributed by atoms with van der Waals surface area (Å²) in [5.74, 6) is -1.03. The number of carbonyl (C=O) groups excluding carboxylic acids is 1. The Morgan fingerprint density at radius 2 is 1.85 bits per heavy atom. The fourth-order valence-electron chi connectivity index (χ4n) is 2.02. The first-order chi connectivity index (χ1) is 9.19. The monoisotopic (exact) mass is 275 g/mol. The summed E-state index contributed by atoms with van der Waals surface area (Å²) in [5.41, 5.74) is 0.777. The van der Waals surface area contributed by atoms with Crippen molar-refractivity contribution in [2.45, 2.75) is 33.3 Å². The zero-order chi connectivity index (χ0) is 15.1. The van der Waals surface area contributed by atoms with E-state index in [2.05, 4.69) is 0 Å². The molecule has 1 aromatic carbocycles. The summed E-state index contributed by atoms with van der Waals surface area (Å²) in [6, 6.07) is 6.51. The lowest BCUT2D eigenvalue weighted by molar-refractivity contribution is 0.0540. The third-order valence-electron chi connectivity index (χ3n) is 2.81. The van der Waals surface area contributed by atoms with Gasteiger partial charge in [-0.15, -0.1) is 0 Å². The van der Waals surface area contributed by atoms with Crippen LogP contribution in [0, 0.1) is 6.92 Å². The maximum Gasteiger partial charge on any atom is 0.419 e. The molecule has 0 aliphatic carbocycles. The van der Waals surface area contributed by atoms with Gasteiger partial charge in [0.05, 0.1) is 11.1 Å². The molecule has 2 rings (SSSR count). The molecule has 0 aliphatic heterocycles. The molecule has 1 aromatic heterocycles. The molecule has 5 heteroatoms. The number of aromatic nitrogens is 1. The zero-order valence-corrected chi connectivity index (χ0v) is 11.9. The van der Waals surface area contributed by atoms with Crippen molar-refractivity contribution >= 4 is 23.0 Å². The predicted octanol–water partition coefficient (Wildman–Crippen LogP) is 3.43. The summed E-state index contributed by atoms with van der Waals surface area (Å²) in [5, 5.41) is 9.85. The van der Waals surface area contributed by atoms with Crippen LogP contribution < -0.4 is 0 Å². The fraction of sp³-hybridized carbons (Fsp3) is 0.333. The van der Waals surface area contributed by atoms with Crippen molar-refractivity contribution in [1.82, 2.24) is 4.57 Å². The minimum Gasteiger partial charge on any atom is -0.478 e.